The van der Waals surface area contributed by atoms with Crippen molar-refractivity contribution in [3.05, 3.63) is 42.0 Å². The Morgan fingerprint density at radius 2 is 2.03 bits per heavy atom. The van der Waals surface area contributed by atoms with Crippen LogP contribution in [0, 0.1) is 0 Å². The summed E-state index contributed by atoms with van der Waals surface area (Å²) in [6.45, 7) is 8.14. The van der Waals surface area contributed by atoms with Gasteiger partial charge < -0.3 is 25.4 Å². The monoisotopic (exact) mass is 494 g/mol. The van der Waals surface area contributed by atoms with E-state index in [1.165, 1.54) is 0 Å². The van der Waals surface area contributed by atoms with Crippen LogP contribution in [0.5, 0.6) is 0 Å². The first-order valence-corrected chi connectivity index (χ1v) is 12.6. The number of thiocarbonyl (C=S) groups is 1. The van der Waals surface area contributed by atoms with Gasteiger partial charge >= 0.3 is 0 Å². The van der Waals surface area contributed by atoms with E-state index in [0.717, 1.165) is 67.8 Å². The summed E-state index contributed by atoms with van der Waals surface area (Å²) in [4.78, 5) is 16.9. The molecule has 5 rings (SSSR count). The predicted molar refractivity (Wildman–Crippen MR) is 145 cm³/mol. The maximum atomic E-state index is 6.24. The zero-order chi connectivity index (χ0) is 24.8. The van der Waals surface area contributed by atoms with Gasteiger partial charge in [0, 0.05) is 44.5 Å². The van der Waals surface area contributed by atoms with Gasteiger partial charge in [-0.25, -0.2) is 4.98 Å². The van der Waals surface area contributed by atoms with Crippen LogP contribution in [0.1, 0.15) is 38.7 Å². The van der Waals surface area contributed by atoms with Crippen LogP contribution in [0.4, 0.5) is 11.8 Å². The Hall–Kier alpha value is -2.88. The fourth-order valence-corrected chi connectivity index (χ4v) is 4.16. The molecule has 0 amide bonds. The first-order valence-electron chi connectivity index (χ1n) is 12.2. The highest BCUT2D eigenvalue weighted by atomic mass is 32.1. The van der Waals surface area contributed by atoms with Crippen molar-refractivity contribution in [3.63, 3.8) is 0 Å². The SMILES string of the molecule is CCCOCC.CNC(=S)c1cccc(-c2ccc3c(N)nc(N4CCOC5(CC5)C4)nc3n2)c1. The van der Waals surface area contributed by atoms with Crippen molar-refractivity contribution >= 4 is 40.0 Å². The molecule has 1 spiro atoms. The van der Waals surface area contributed by atoms with Gasteiger partial charge in [-0.2, -0.15) is 9.97 Å². The van der Waals surface area contributed by atoms with E-state index in [2.05, 4.69) is 22.1 Å². The molecule has 3 N–H and O–H groups in total. The number of fused-ring (bicyclic) bond motifs is 1. The number of anilines is 2. The van der Waals surface area contributed by atoms with Gasteiger partial charge in [0.15, 0.2) is 5.65 Å². The number of nitrogens with zero attached hydrogens (tertiary/aromatic N) is 4. The molecular formula is C26H34N6O2S. The molecule has 9 heteroatoms. The van der Waals surface area contributed by atoms with Crippen molar-refractivity contribution in [2.45, 2.75) is 38.7 Å². The highest BCUT2D eigenvalue weighted by molar-refractivity contribution is 7.80. The van der Waals surface area contributed by atoms with Gasteiger partial charge in [0.25, 0.3) is 0 Å². The summed E-state index contributed by atoms with van der Waals surface area (Å²) in [5.74, 6) is 1.07. The molecule has 1 saturated carbocycles. The molecule has 3 heterocycles. The van der Waals surface area contributed by atoms with Crippen molar-refractivity contribution in [1.82, 2.24) is 20.3 Å². The first-order chi connectivity index (χ1) is 17.0. The Kier molecular flexibility index (Phi) is 8.10. The number of ether oxygens (including phenoxy) is 2. The van der Waals surface area contributed by atoms with E-state index in [1.54, 1.807) is 0 Å². The summed E-state index contributed by atoms with van der Waals surface area (Å²) >= 11 is 5.35. The molecule has 1 saturated heterocycles. The topological polar surface area (TPSA) is 98.4 Å². The van der Waals surface area contributed by atoms with Gasteiger partial charge in [0.05, 0.1) is 23.3 Å². The molecule has 2 fully saturated rings. The molecule has 0 atom stereocenters. The van der Waals surface area contributed by atoms with E-state index in [4.69, 9.17) is 37.4 Å². The molecule has 0 radical (unpaired) electrons. The molecule has 35 heavy (non-hydrogen) atoms. The van der Waals surface area contributed by atoms with E-state index in [-0.39, 0.29) is 5.60 Å². The molecule has 1 aromatic carbocycles. The third-order valence-corrected chi connectivity index (χ3v) is 6.56. The number of nitrogens with one attached hydrogen (secondary N) is 1. The first kappa shape index (κ1) is 25.2. The zero-order valence-corrected chi connectivity index (χ0v) is 21.5. The maximum absolute atomic E-state index is 6.24. The molecule has 0 unspecified atom stereocenters. The van der Waals surface area contributed by atoms with Gasteiger partial charge in [-0.1, -0.05) is 37.3 Å². The maximum Gasteiger partial charge on any atom is 0.229 e. The summed E-state index contributed by atoms with van der Waals surface area (Å²) in [6, 6.07) is 11.9. The number of hydrogen-bond donors (Lipinski definition) is 2. The number of rotatable bonds is 6. The highest BCUT2D eigenvalue weighted by Crippen LogP contribution is 2.42. The van der Waals surface area contributed by atoms with Crippen molar-refractivity contribution in [2.24, 2.45) is 0 Å². The molecule has 0 bridgehead atoms. The van der Waals surface area contributed by atoms with Crippen molar-refractivity contribution in [2.75, 3.05) is 50.6 Å². The van der Waals surface area contributed by atoms with E-state index in [0.29, 0.717) is 29.0 Å². The molecule has 1 aliphatic heterocycles. The van der Waals surface area contributed by atoms with Gasteiger partial charge in [-0.05, 0) is 44.4 Å². The number of nitrogen functional groups attached to an aromatic ring is 1. The normalized spacial score (nSPS) is 16.0. The Morgan fingerprint density at radius 1 is 1.20 bits per heavy atom. The molecule has 1 aliphatic carbocycles. The van der Waals surface area contributed by atoms with Crippen LogP contribution in [0.3, 0.4) is 0 Å². The number of hydrogen-bond acceptors (Lipinski definition) is 8. The minimum Gasteiger partial charge on any atom is -0.383 e. The van der Waals surface area contributed by atoms with E-state index >= 15 is 0 Å². The molecule has 8 nitrogen and oxygen atoms in total. The van der Waals surface area contributed by atoms with Gasteiger partial charge in [0.1, 0.15) is 10.8 Å². The molecular weight excluding hydrogens is 460 g/mol. The second kappa shape index (κ2) is 11.2. The van der Waals surface area contributed by atoms with Crippen LogP contribution >= 0.6 is 12.2 Å². The minimum absolute atomic E-state index is 0.00717. The second-order valence-corrected chi connectivity index (χ2v) is 9.19. The fourth-order valence-electron chi connectivity index (χ4n) is 4.03. The average Bonchev–Trinajstić information content (AvgIpc) is 3.64. The largest absolute Gasteiger partial charge is 0.383 e. The van der Waals surface area contributed by atoms with Crippen LogP contribution in [0.2, 0.25) is 0 Å². The third kappa shape index (κ3) is 6.04. The molecule has 2 aromatic heterocycles. The zero-order valence-electron chi connectivity index (χ0n) is 20.7. The van der Waals surface area contributed by atoms with Gasteiger partial charge in [-0.15, -0.1) is 0 Å². The average molecular weight is 495 g/mol. The minimum atomic E-state index is -0.00717. The van der Waals surface area contributed by atoms with Crippen LogP contribution in [-0.4, -0.2) is 65.5 Å². The van der Waals surface area contributed by atoms with Crippen LogP contribution in [-0.2, 0) is 9.47 Å². The van der Waals surface area contributed by atoms with Crippen LogP contribution in [0.25, 0.3) is 22.3 Å². The number of pyridine rings is 1. The Labute approximate surface area is 212 Å². The lowest BCUT2D eigenvalue weighted by molar-refractivity contribution is 0.0201. The number of benzene rings is 1. The molecule has 186 valence electrons. The standard InChI is InChI=1S/C21H22N6OS.C5H12O/c1-23-19(29)14-4-2-3-13(11-14)16-6-5-15-17(22)25-20(26-18(15)24-16)27-9-10-28-21(12-27)7-8-21;1-3-5-6-4-2/h2-6,11H,7-10,12H2,1H3,(H,23,29)(H2,22,24,25,26);3-5H2,1-2H3. The third-order valence-electron chi connectivity index (χ3n) is 6.12. The van der Waals surface area contributed by atoms with E-state index in [9.17, 15) is 0 Å². The van der Waals surface area contributed by atoms with Gasteiger partial charge in [0.2, 0.25) is 5.95 Å². The molecule has 3 aromatic rings. The Morgan fingerprint density at radius 3 is 2.71 bits per heavy atom. The van der Waals surface area contributed by atoms with E-state index < -0.39 is 0 Å². The quantitative estimate of drug-likeness (QED) is 0.389. The predicted octanol–water partition coefficient (Wildman–Crippen LogP) is 3.97. The lowest BCUT2D eigenvalue weighted by atomic mass is 10.1. The van der Waals surface area contributed by atoms with Gasteiger partial charge in [-0.3, -0.25) is 0 Å². The smallest absolute Gasteiger partial charge is 0.229 e. The Balaban J connectivity index is 0.000000431. The summed E-state index contributed by atoms with van der Waals surface area (Å²) in [5.41, 5.74) is 9.59. The Bertz CT molecular complexity index is 1180. The lowest BCUT2D eigenvalue weighted by Crippen LogP contribution is -2.44. The summed E-state index contributed by atoms with van der Waals surface area (Å²) in [6.07, 6.45) is 3.33. The number of nitrogens with two attached hydrogens (primary N) is 1. The van der Waals surface area contributed by atoms with Crippen molar-refractivity contribution < 1.29 is 9.47 Å². The number of morpholine rings is 1. The lowest BCUT2D eigenvalue weighted by Gasteiger charge is -2.33. The summed E-state index contributed by atoms with van der Waals surface area (Å²) < 4.78 is 10.9. The number of aromatic nitrogens is 3. The van der Waals surface area contributed by atoms with E-state index in [1.807, 2.05) is 50.4 Å². The van der Waals surface area contributed by atoms with Crippen LogP contribution < -0.4 is 16.0 Å². The molecule has 2 aliphatic rings. The second-order valence-electron chi connectivity index (χ2n) is 8.79. The fraction of sp³-hybridized carbons (Fsp3) is 0.462. The van der Waals surface area contributed by atoms with Crippen molar-refractivity contribution in [3.8, 4) is 11.3 Å². The highest BCUT2D eigenvalue weighted by Gasteiger charge is 2.48. The van der Waals surface area contributed by atoms with Crippen LogP contribution in [0.15, 0.2) is 36.4 Å². The summed E-state index contributed by atoms with van der Waals surface area (Å²) in [5, 5.41) is 3.77. The summed E-state index contributed by atoms with van der Waals surface area (Å²) in [7, 11) is 1.82. The van der Waals surface area contributed by atoms with Crippen molar-refractivity contribution in [1.29, 1.82) is 0 Å².